The first-order valence-corrected chi connectivity index (χ1v) is 10.3. The molecule has 0 spiro atoms. The molecule has 10 heteroatoms. The van der Waals surface area contributed by atoms with Crippen molar-refractivity contribution in [3.63, 3.8) is 0 Å². The summed E-state index contributed by atoms with van der Waals surface area (Å²) < 4.78 is 51.5. The minimum atomic E-state index is -3.92. The maximum absolute atomic E-state index is 12.3. The first kappa shape index (κ1) is 17.9. The van der Waals surface area contributed by atoms with E-state index < -0.39 is 20.0 Å². The van der Waals surface area contributed by atoms with Crippen molar-refractivity contribution in [3.05, 3.63) is 52.5 Å². The third-order valence-electron chi connectivity index (χ3n) is 2.62. The quantitative estimate of drug-likeness (QED) is 0.814. The zero-order valence-electron chi connectivity index (χ0n) is 11.7. The monoisotopic (exact) mass is 394 g/mol. The van der Waals surface area contributed by atoms with E-state index in [2.05, 4.69) is 9.44 Å². The van der Waals surface area contributed by atoms with Gasteiger partial charge in [0.25, 0.3) is 10.0 Å². The van der Waals surface area contributed by atoms with Crippen molar-refractivity contribution in [1.82, 2.24) is 0 Å². The van der Waals surface area contributed by atoms with E-state index in [0.717, 1.165) is 6.26 Å². The molecule has 0 heterocycles. The Labute approximate surface area is 144 Å². The largest absolute Gasteiger partial charge is 0.284 e. The van der Waals surface area contributed by atoms with Gasteiger partial charge >= 0.3 is 0 Å². The van der Waals surface area contributed by atoms with Crippen molar-refractivity contribution in [1.29, 1.82) is 0 Å². The SMILES string of the molecule is CS(=O)(=O)Nc1ccc(NS(=O)(=O)c2cc(Cl)ccc2Cl)cc1. The molecule has 2 aromatic carbocycles. The van der Waals surface area contributed by atoms with Gasteiger partial charge in [0.1, 0.15) is 4.90 Å². The molecule has 6 nitrogen and oxygen atoms in total. The van der Waals surface area contributed by atoms with Crippen LogP contribution in [0.2, 0.25) is 10.0 Å². The maximum atomic E-state index is 12.3. The highest BCUT2D eigenvalue weighted by molar-refractivity contribution is 7.93. The molecule has 0 radical (unpaired) electrons. The summed E-state index contributed by atoms with van der Waals surface area (Å²) in [6.07, 6.45) is 1.02. The fourth-order valence-corrected chi connectivity index (χ4v) is 4.10. The average Bonchev–Trinajstić information content (AvgIpc) is 2.42. The lowest BCUT2D eigenvalue weighted by Gasteiger charge is -2.11. The minimum Gasteiger partial charge on any atom is -0.284 e. The number of anilines is 2. The summed E-state index contributed by atoms with van der Waals surface area (Å²) >= 11 is 11.7. The third-order valence-corrected chi connectivity index (χ3v) is 5.33. The molecule has 0 bridgehead atoms. The number of halogens is 2. The Bertz CT molecular complexity index is 927. The summed E-state index contributed by atoms with van der Waals surface area (Å²) in [5, 5.41) is 0.278. The summed E-state index contributed by atoms with van der Waals surface area (Å²) in [7, 11) is -7.32. The van der Waals surface area contributed by atoms with Crippen LogP contribution in [0.15, 0.2) is 47.4 Å². The molecule has 0 fully saturated rings. The van der Waals surface area contributed by atoms with Crippen LogP contribution in [-0.2, 0) is 20.0 Å². The third kappa shape index (κ3) is 5.00. The van der Waals surface area contributed by atoms with Crippen molar-refractivity contribution >= 4 is 54.6 Å². The summed E-state index contributed by atoms with van der Waals surface area (Å²) in [4.78, 5) is -0.148. The molecule has 0 saturated heterocycles. The molecule has 2 rings (SSSR count). The molecule has 2 N–H and O–H groups in total. The second-order valence-electron chi connectivity index (χ2n) is 4.63. The molecule has 0 aliphatic rings. The van der Waals surface area contributed by atoms with Gasteiger partial charge in [0.05, 0.1) is 11.3 Å². The van der Waals surface area contributed by atoms with Gasteiger partial charge in [-0.25, -0.2) is 16.8 Å². The van der Waals surface area contributed by atoms with E-state index in [9.17, 15) is 16.8 Å². The number of sulfonamides is 2. The van der Waals surface area contributed by atoms with E-state index >= 15 is 0 Å². The van der Waals surface area contributed by atoms with Crippen LogP contribution >= 0.6 is 23.2 Å². The normalized spacial score (nSPS) is 12.0. The summed E-state index contributed by atoms with van der Waals surface area (Å²) in [5.41, 5.74) is 0.566. The van der Waals surface area contributed by atoms with Crippen LogP contribution in [0.1, 0.15) is 0 Å². The molecular formula is C13H12Cl2N2O4S2. The summed E-state index contributed by atoms with van der Waals surface area (Å²) in [5.74, 6) is 0. The zero-order valence-corrected chi connectivity index (χ0v) is 14.9. The van der Waals surface area contributed by atoms with Crippen molar-refractivity contribution in [2.24, 2.45) is 0 Å². The van der Waals surface area contributed by atoms with E-state index in [1.54, 1.807) is 0 Å². The smallest absolute Gasteiger partial charge is 0.263 e. The average molecular weight is 395 g/mol. The summed E-state index contributed by atoms with van der Waals surface area (Å²) in [6.45, 7) is 0. The fraction of sp³-hybridized carbons (Fsp3) is 0.0769. The highest BCUT2D eigenvalue weighted by Gasteiger charge is 2.18. The maximum Gasteiger partial charge on any atom is 0.263 e. The predicted molar refractivity (Wildman–Crippen MR) is 92.2 cm³/mol. The van der Waals surface area contributed by atoms with Crippen molar-refractivity contribution in [3.8, 4) is 0 Å². The molecular weight excluding hydrogens is 383 g/mol. The Balaban J connectivity index is 2.26. The van der Waals surface area contributed by atoms with Crippen molar-refractivity contribution < 1.29 is 16.8 Å². The van der Waals surface area contributed by atoms with Gasteiger partial charge < -0.3 is 0 Å². The van der Waals surface area contributed by atoms with Crippen LogP contribution < -0.4 is 9.44 Å². The zero-order chi connectivity index (χ0) is 17.3. The van der Waals surface area contributed by atoms with Crippen molar-refractivity contribution in [2.45, 2.75) is 4.90 Å². The highest BCUT2D eigenvalue weighted by Crippen LogP contribution is 2.27. The number of hydrogen-bond donors (Lipinski definition) is 2. The number of rotatable bonds is 5. The second-order valence-corrected chi connectivity index (χ2v) is 8.87. The van der Waals surface area contributed by atoms with E-state index in [1.807, 2.05) is 0 Å². The van der Waals surface area contributed by atoms with Crippen LogP contribution in [0.4, 0.5) is 11.4 Å². The topological polar surface area (TPSA) is 92.3 Å². The van der Waals surface area contributed by atoms with Crippen LogP contribution in [0.25, 0.3) is 0 Å². The number of hydrogen-bond acceptors (Lipinski definition) is 4. The Hall–Kier alpha value is -1.48. The van der Waals surface area contributed by atoms with Gasteiger partial charge in [-0.15, -0.1) is 0 Å². The lowest BCUT2D eigenvalue weighted by molar-refractivity contribution is 0.600. The Morgan fingerprint density at radius 3 is 1.87 bits per heavy atom. The number of nitrogens with one attached hydrogen (secondary N) is 2. The van der Waals surface area contributed by atoms with Gasteiger partial charge in [-0.2, -0.15) is 0 Å². The Morgan fingerprint density at radius 1 is 0.826 bits per heavy atom. The van der Waals surface area contributed by atoms with Crippen LogP contribution in [-0.4, -0.2) is 23.1 Å². The second kappa shape index (κ2) is 6.56. The molecule has 0 amide bonds. The van der Waals surface area contributed by atoms with Gasteiger partial charge in [0, 0.05) is 16.4 Å². The summed E-state index contributed by atoms with van der Waals surface area (Å²) in [6, 6.07) is 9.81. The van der Waals surface area contributed by atoms with Gasteiger partial charge in [-0.1, -0.05) is 23.2 Å². The molecule has 0 unspecified atom stereocenters. The van der Waals surface area contributed by atoms with E-state index in [0.29, 0.717) is 5.69 Å². The fourth-order valence-electron chi connectivity index (χ4n) is 1.71. The van der Waals surface area contributed by atoms with E-state index in [1.165, 1.54) is 42.5 Å². The Kier molecular flexibility index (Phi) is 5.10. The van der Waals surface area contributed by atoms with Crippen LogP contribution in [0.5, 0.6) is 0 Å². The highest BCUT2D eigenvalue weighted by atomic mass is 35.5. The first-order valence-electron chi connectivity index (χ1n) is 6.12. The van der Waals surface area contributed by atoms with Crippen LogP contribution in [0.3, 0.4) is 0 Å². The molecule has 2 aromatic rings. The van der Waals surface area contributed by atoms with Crippen molar-refractivity contribution in [2.75, 3.05) is 15.7 Å². The predicted octanol–water partition coefficient (Wildman–Crippen LogP) is 3.17. The van der Waals surface area contributed by atoms with Gasteiger partial charge in [-0.05, 0) is 42.5 Å². The molecule has 0 aliphatic carbocycles. The van der Waals surface area contributed by atoms with Gasteiger partial charge in [-0.3, -0.25) is 9.44 Å². The number of benzene rings is 2. The first-order chi connectivity index (χ1) is 10.6. The van der Waals surface area contributed by atoms with Gasteiger partial charge in [0.15, 0.2) is 0 Å². The molecule has 0 aromatic heterocycles. The molecule has 124 valence electrons. The van der Waals surface area contributed by atoms with Crippen LogP contribution in [0, 0.1) is 0 Å². The molecule has 0 saturated carbocycles. The molecule has 23 heavy (non-hydrogen) atoms. The van der Waals surface area contributed by atoms with E-state index in [-0.39, 0.29) is 20.6 Å². The van der Waals surface area contributed by atoms with Gasteiger partial charge in [0.2, 0.25) is 10.0 Å². The Morgan fingerprint density at radius 2 is 1.35 bits per heavy atom. The lowest BCUT2D eigenvalue weighted by Crippen LogP contribution is -2.14. The lowest BCUT2D eigenvalue weighted by atomic mass is 10.3. The molecule has 0 aliphatic heterocycles. The molecule has 0 atom stereocenters. The minimum absolute atomic E-state index is 0.0391. The van der Waals surface area contributed by atoms with E-state index in [4.69, 9.17) is 23.2 Å². The standard InChI is InChI=1S/C13H12Cl2N2O4S2/c1-22(18,19)16-10-3-5-11(6-4-10)17-23(20,21)13-8-9(14)2-7-12(13)15/h2-8,16-17H,1H3.